The van der Waals surface area contributed by atoms with Gasteiger partial charge in [0.1, 0.15) is 0 Å². The van der Waals surface area contributed by atoms with Gasteiger partial charge in [0.2, 0.25) is 0 Å². The van der Waals surface area contributed by atoms with E-state index in [0.29, 0.717) is 12.0 Å². The Morgan fingerprint density at radius 2 is 1.82 bits per heavy atom. The van der Waals surface area contributed by atoms with Crippen LogP contribution in [0.4, 0.5) is 0 Å². The van der Waals surface area contributed by atoms with Crippen molar-refractivity contribution in [3.05, 3.63) is 35.9 Å². The van der Waals surface area contributed by atoms with Gasteiger partial charge in [-0.2, -0.15) is 0 Å². The summed E-state index contributed by atoms with van der Waals surface area (Å²) < 4.78 is 5.59. The Labute approximate surface area is 105 Å². The molecule has 0 radical (unpaired) electrons. The molecule has 0 aliphatic heterocycles. The van der Waals surface area contributed by atoms with Gasteiger partial charge in [0.25, 0.3) is 0 Å². The summed E-state index contributed by atoms with van der Waals surface area (Å²) in [6.07, 6.45) is 1.13. The molecule has 0 spiro atoms. The van der Waals surface area contributed by atoms with Crippen molar-refractivity contribution >= 4 is 0 Å². The summed E-state index contributed by atoms with van der Waals surface area (Å²) in [5.41, 5.74) is 1.40. The lowest BCUT2D eigenvalue weighted by atomic mass is 9.89. The molecular formula is C15H25NO. The van der Waals surface area contributed by atoms with Crippen molar-refractivity contribution in [1.82, 2.24) is 5.32 Å². The molecule has 0 saturated carbocycles. The Kier molecular flexibility index (Phi) is 6.90. The molecule has 0 bridgehead atoms. The van der Waals surface area contributed by atoms with Gasteiger partial charge in [0.05, 0.1) is 6.61 Å². The Hall–Kier alpha value is -0.860. The van der Waals surface area contributed by atoms with Gasteiger partial charge >= 0.3 is 0 Å². The third-order valence-electron chi connectivity index (χ3n) is 3.12. The lowest BCUT2D eigenvalue weighted by Gasteiger charge is -2.27. The van der Waals surface area contributed by atoms with Gasteiger partial charge in [-0.1, -0.05) is 44.2 Å². The summed E-state index contributed by atoms with van der Waals surface area (Å²) in [5, 5.41) is 3.54. The smallest absolute Gasteiger partial charge is 0.0625 e. The number of ether oxygens (including phenoxy) is 1. The first-order valence-corrected chi connectivity index (χ1v) is 6.69. The van der Waals surface area contributed by atoms with Crippen LogP contribution >= 0.6 is 0 Å². The van der Waals surface area contributed by atoms with Crippen molar-refractivity contribution in [2.45, 2.75) is 39.2 Å². The summed E-state index contributed by atoms with van der Waals surface area (Å²) in [4.78, 5) is 0. The highest BCUT2D eigenvalue weighted by atomic mass is 16.5. The minimum absolute atomic E-state index is 0.410. The SMILES string of the molecule is CCNC(COCC)C(CC)c1ccccc1. The highest BCUT2D eigenvalue weighted by molar-refractivity contribution is 5.21. The Morgan fingerprint density at radius 3 is 2.35 bits per heavy atom. The average molecular weight is 235 g/mol. The first-order valence-electron chi connectivity index (χ1n) is 6.69. The summed E-state index contributed by atoms with van der Waals surface area (Å²) in [7, 11) is 0. The van der Waals surface area contributed by atoms with E-state index in [1.807, 2.05) is 6.92 Å². The molecule has 96 valence electrons. The van der Waals surface area contributed by atoms with E-state index in [1.165, 1.54) is 5.56 Å². The summed E-state index contributed by atoms with van der Waals surface area (Å²) in [5.74, 6) is 0.530. The molecule has 0 saturated heterocycles. The maximum absolute atomic E-state index is 5.59. The van der Waals surface area contributed by atoms with Crippen LogP contribution in [-0.4, -0.2) is 25.8 Å². The van der Waals surface area contributed by atoms with Gasteiger partial charge < -0.3 is 10.1 Å². The zero-order chi connectivity index (χ0) is 12.5. The van der Waals surface area contributed by atoms with Gasteiger partial charge in [-0.25, -0.2) is 0 Å². The van der Waals surface area contributed by atoms with Crippen LogP contribution in [0.25, 0.3) is 0 Å². The van der Waals surface area contributed by atoms with E-state index in [-0.39, 0.29) is 0 Å². The number of hydrogen-bond donors (Lipinski definition) is 1. The molecule has 2 heteroatoms. The van der Waals surface area contributed by atoms with Crippen LogP contribution in [0.1, 0.15) is 38.7 Å². The minimum atomic E-state index is 0.410. The third kappa shape index (κ3) is 4.49. The van der Waals surface area contributed by atoms with Crippen LogP contribution < -0.4 is 5.32 Å². The van der Waals surface area contributed by atoms with Crippen LogP contribution in [0, 0.1) is 0 Å². The predicted octanol–water partition coefficient (Wildman–Crippen LogP) is 3.19. The van der Waals surface area contributed by atoms with E-state index in [9.17, 15) is 0 Å². The number of nitrogens with one attached hydrogen (secondary N) is 1. The molecule has 2 unspecified atom stereocenters. The standard InChI is InChI=1S/C15H25NO/c1-4-14(13-10-8-7-9-11-13)15(16-5-2)12-17-6-3/h7-11,14-16H,4-6,12H2,1-3H3. The van der Waals surface area contributed by atoms with Crippen molar-refractivity contribution in [2.24, 2.45) is 0 Å². The van der Waals surface area contributed by atoms with Crippen molar-refractivity contribution in [3.8, 4) is 0 Å². The molecule has 0 heterocycles. The second-order valence-corrected chi connectivity index (χ2v) is 4.25. The molecule has 1 aromatic rings. The second-order valence-electron chi connectivity index (χ2n) is 4.25. The summed E-state index contributed by atoms with van der Waals surface area (Å²) >= 11 is 0. The predicted molar refractivity (Wildman–Crippen MR) is 73.4 cm³/mol. The van der Waals surface area contributed by atoms with E-state index < -0.39 is 0 Å². The van der Waals surface area contributed by atoms with Crippen LogP contribution in [-0.2, 0) is 4.74 Å². The average Bonchev–Trinajstić information content (AvgIpc) is 2.38. The van der Waals surface area contributed by atoms with Crippen LogP contribution in [0.5, 0.6) is 0 Å². The van der Waals surface area contributed by atoms with E-state index >= 15 is 0 Å². The molecular weight excluding hydrogens is 210 g/mol. The molecule has 1 N–H and O–H groups in total. The molecule has 17 heavy (non-hydrogen) atoms. The molecule has 1 rings (SSSR count). The molecule has 2 atom stereocenters. The lowest BCUT2D eigenvalue weighted by Crippen LogP contribution is -2.38. The van der Waals surface area contributed by atoms with E-state index in [1.54, 1.807) is 0 Å². The van der Waals surface area contributed by atoms with Gasteiger partial charge in [-0.05, 0) is 25.5 Å². The van der Waals surface area contributed by atoms with Crippen molar-refractivity contribution in [2.75, 3.05) is 19.8 Å². The van der Waals surface area contributed by atoms with Gasteiger partial charge in [-0.15, -0.1) is 0 Å². The highest BCUT2D eigenvalue weighted by Gasteiger charge is 2.20. The van der Waals surface area contributed by atoms with E-state index in [0.717, 1.165) is 26.2 Å². The molecule has 2 nitrogen and oxygen atoms in total. The maximum Gasteiger partial charge on any atom is 0.0625 e. The normalized spacial score (nSPS) is 14.5. The van der Waals surface area contributed by atoms with Gasteiger partial charge in [-0.3, -0.25) is 0 Å². The van der Waals surface area contributed by atoms with Crippen LogP contribution in [0.3, 0.4) is 0 Å². The zero-order valence-corrected chi connectivity index (χ0v) is 11.3. The molecule has 0 aromatic heterocycles. The molecule has 0 amide bonds. The van der Waals surface area contributed by atoms with Crippen molar-refractivity contribution < 1.29 is 4.74 Å². The van der Waals surface area contributed by atoms with E-state index in [4.69, 9.17) is 4.74 Å². The monoisotopic (exact) mass is 235 g/mol. The first kappa shape index (κ1) is 14.2. The maximum atomic E-state index is 5.59. The minimum Gasteiger partial charge on any atom is -0.380 e. The largest absolute Gasteiger partial charge is 0.380 e. The third-order valence-corrected chi connectivity index (χ3v) is 3.12. The van der Waals surface area contributed by atoms with Crippen LogP contribution in [0.15, 0.2) is 30.3 Å². The van der Waals surface area contributed by atoms with Crippen molar-refractivity contribution in [1.29, 1.82) is 0 Å². The quantitative estimate of drug-likeness (QED) is 0.747. The summed E-state index contributed by atoms with van der Waals surface area (Å²) in [6.45, 7) is 9.00. The number of hydrogen-bond acceptors (Lipinski definition) is 2. The molecule has 0 fully saturated rings. The van der Waals surface area contributed by atoms with Crippen molar-refractivity contribution in [3.63, 3.8) is 0 Å². The second kappa shape index (κ2) is 8.26. The fraction of sp³-hybridized carbons (Fsp3) is 0.600. The fourth-order valence-electron chi connectivity index (χ4n) is 2.28. The molecule has 0 aliphatic rings. The zero-order valence-electron chi connectivity index (χ0n) is 11.3. The topological polar surface area (TPSA) is 21.3 Å². The fourth-order valence-corrected chi connectivity index (χ4v) is 2.28. The van der Waals surface area contributed by atoms with E-state index in [2.05, 4.69) is 49.5 Å². The number of rotatable bonds is 8. The summed E-state index contributed by atoms with van der Waals surface area (Å²) in [6, 6.07) is 11.1. The van der Waals surface area contributed by atoms with Crippen LogP contribution in [0.2, 0.25) is 0 Å². The Balaban J connectivity index is 2.73. The first-order chi connectivity index (χ1) is 8.33. The Bertz CT molecular complexity index is 286. The number of likely N-dealkylation sites (N-methyl/N-ethyl adjacent to an activating group) is 1. The highest BCUT2D eigenvalue weighted by Crippen LogP contribution is 2.23. The molecule has 0 aliphatic carbocycles. The Morgan fingerprint density at radius 1 is 1.12 bits per heavy atom. The van der Waals surface area contributed by atoms with Gasteiger partial charge in [0, 0.05) is 18.6 Å². The lowest BCUT2D eigenvalue weighted by molar-refractivity contribution is 0.114. The molecule has 1 aromatic carbocycles. The van der Waals surface area contributed by atoms with Gasteiger partial charge in [0.15, 0.2) is 0 Å². The number of benzene rings is 1.